The average Bonchev–Trinajstić information content (AvgIpc) is 2.33. The summed E-state index contributed by atoms with van der Waals surface area (Å²) in [4.78, 5) is 6.46. The summed E-state index contributed by atoms with van der Waals surface area (Å²) in [5.41, 5.74) is 6.61. The first-order valence-corrected chi connectivity index (χ1v) is 6.37. The summed E-state index contributed by atoms with van der Waals surface area (Å²) in [6.07, 6.45) is 2.47. The molecular weight excluding hydrogens is 238 g/mol. The van der Waals surface area contributed by atoms with Crippen LogP contribution in [0, 0.1) is 0 Å². The summed E-state index contributed by atoms with van der Waals surface area (Å²) < 4.78 is 5.66. The van der Waals surface area contributed by atoms with Crippen molar-refractivity contribution in [2.45, 2.75) is 25.9 Å². The van der Waals surface area contributed by atoms with E-state index in [0.29, 0.717) is 10.8 Å². The molecule has 1 aliphatic heterocycles. The van der Waals surface area contributed by atoms with Gasteiger partial charge in [0.2, 0.25) is 0 Å². The molecule has 1 aliphatic rings. The van der Waals surface area contributed by atoms with Crippen molar-refractivity contribution in [3.8, 4) is 0 Å². The van der Waals surface area contributed by atoms with E-state index in [1.165, 1.54) is 0 Å². The number of anilines is 2. The molecule has 5 heteroatoms. The van der Waals surface area contributed by atoms with Crippen LogP contribution in [0.4, 0.5) is 11.5 Å². The minimum absolute atomic E-state index is 0.272. The fourth-order valence-electron chi connectivity index (χ4n) is 2.19. The second-order valence-corrected chi connectivity index (χ2v) is 4.60. The number of nitrogens with zero attached hydrogens (tertiary/aromatic N) is 2. The first-order chi connectivity index (χ1) is 8.20. The third kappa shape index (κ3) is 3.01. The quantitative estimate of drug-likeness (QED) is 0.843. The molecule has 1 aromatic heterocycles. The molecule has 2 rings (SSSR count). The molecule has 1 unspecified atom stereocenters. The summed E-state index contributed by atoms with van der Waals surface area (Å²) >= 11 is 5.91. The molecule has 0 saturated carbocycles. The SMILES string of the molecule is CCOC1CCCN(c2nc(Cl)ccc2N)C1. The van der Waals surface area contributed by atoms with Crippen molar-refractivity contribution in [1.82, 2.24) is 4.98 Å². The molecule has 0 spiro atoms. The number of nitrogens with two attached hydrogens (primary N) is 1. The monoisotopic (exact) mass is 255 g/mol. The van der Waals surface area contributed by atoms with Crippen LogP contribution in [-0.4, -0.2) is 30.8 Å². The van der Waals surface area contributed by atoms with Crippen LogP contribution >= 0.6 is 11.6 Å². The number of rotatable bonds is 3. The van der Waals surface area contributed by atoms with E-state index in [0.717, 1.165) is 38.4 Å². The molecule has 2 heterocycles. The zero-order valence-electron chi connectivity index (χ0n) is 10.0. The zero-order chi connectivity index (χ0) is 12.3. The van der Waals surface area contributed by atoms with Crippen LogP contribution in [0.2, 0.25) is 5.15 Å². The van der Waals surface area contributed by atoms with E-state index in [9.17, 15) is 0 Å². The second-order valence-electron chi connectivity index (χ2n) is 4.21. The molecule has 0 aliphatic carbocycles. The summed E-state index contributed by atoms with van der Waals surface area (Å²) in [6, 6.07) is 3.51. The highest BCUT2D eigenvalue weighted by molar-refractivity contribution is 6.29. The van der Waals surface area contributed by atoms with Gasteiger partial charge in [-0.1, -0.05) is 11.6 Å². The van der Waals surface area contributed by atoms with Crippen LogP contribution in [-0.2, 0) is 4.74 Å². The van der Waals surface area contributed by atoms with Gasteiger partial charge in [0.15, 0.2) is 5.82 Å². The maximum Gasteiger partial charge on any atom is 0.153 e. The van der Waals surface area contributed by atoms with Crippen molar-refractivity contribution < 1.29 is 4.74 Å². The number of halogens is 1. The first kappa shape index (κ1) is 12.5. The van der Waals surface area contributed by atoms with Crippen LogP contribution in [0.25, 0.3) is 0 Å². The molecule has 1 saturated heterocycles. The van der Waals surface area contributed by atoms with Crippen molar-refractivity contribution in [3.63, 3.8) is 0 Å². The molecule has 4 nitrogen and oxygen atoms in total. The number of hydrogen-bond donors (Lipinski definition) is 1. The highest BCUT2D eigenvalue weighted by Gasteiger charge is 2.22. The number of pyridine rings is 1. The Hall–Kier alpha value is -1.00. The van der Waals surface area contributed by atoms with E-state index in [1.54, 1.807) is 12.1 Å². The van der Waals surface area contributed by atoms with Crippen molar-refractivity contribution in [3.05, 3.63) is 17.3 Å². The lowest BCUT2D eigenvalue weighted by Gasteiger charge is -2.33. The Kier molecular flexibility index (Phi) is 4.07. The minimum atomic E-state index is 0.272. The summed E-state index contributed by atoms with van der Waals surface area (Å²) in [7, 11) is 0. The van der Waals surface area contributed by atoms with E-state index in [-0.39, 0.29) is 6.10 Å². The van der Waals surface area contributed by atoms with Gasteiger partial charge in [0.25, 0.3) is 0 Å². The minimum Gasteiger partial charge on any atom is -0.396 e. The van der Waals surface area contributed by atoms with Gasteiger partial charge in [-0.2, -0.15) is 0 Å². The molecule has 0 amide bonds. The molecule has 0 bridgehead atoms. The Morgan fingerprint density at radius 3 is 3.18 bits per heavy atom. The first-order valence-electron chi connectivity index (χ1n) is 5.99. The molecule has 94 valence electrons. The zero-order valence-corrected chi connectivity index (χ0v) is 10.8. The van der Waals surface area contributed by atoms with E-state index < -0.39 is 0 Å². The summed E-state index contributed by atoms with van der Waals surface area (Å²) in [6.45, 7) is 4.56. The Balaban J connectivity index is 2.13. The summed E-state index contributed by atoms with van der Waals surface area (Å²) in [5, 5.41) is 0.479. The number of ether oxygens (including phenoxy) is 1. The van der Waals surface area contributed by atoms with Crippen LogP contribution in [0.1, 0.15) is 19.8 Å². The Morgan fingerprint density at radius 2 is 2.41 bits per heavy atom. The third-order valence-corrected chi connectivity index (χ3v) is 3.16. The average molecular weight is 256 g/mol. The van der Waals surface area contributed by atoms with Gasteiger partial charge in [-0.15, -0.1) is 0 Å². The lowest BCUT2D eigenvalue weighted by molar-refractivity contribution is 0.0525. The summed E-state index contributed by atoms with van der Waals surface area (Å²) in [5.74, 6) is 0.780. The molecule has 1 atom stereocenters. The van der Waals surface area contributed by atoms with E-state index in [1.807, 2.05) is 6.92 Å². The normalized spacial score (nSPS) is 20.6. The van der Waals surface area contributed by atoms with Gasteiger partial charge in [0, 0.05) is 19.7 Å². The molecular formula is C12H18ClN3O. The topological polar surface area (TPSA) is 51.4 Å². The van der Waals surface area contributed by atoms with E-state index in [4.69, 9.17) is 22.1 Å². The number of aromatic nitrogens is 1. The van der Waals surface area contributed by atoms with E-state index >= 15 is 0 Å². The number of hydrogen-bond acceptors (Lipinski definition) is 4. The fourth-order valence-corrected chi connectivity index (χ4v) is 2.33. The van der Waals surface area contributed by atoms with Gasteiger partial charge in [-0.05, 0) is 31.9 Å². The Morgan fingerprint density at radius 1 is 1.59 bits per heavy atom. The second kappa shape index (κ2) is 5.56. The number of nitrogen functional groups attached to an aromatic ring is 1. The maximum absolute atomic E-state index is 5.94. The van der Waals surface area contributed by atoms with Gasteiger partial charge < -0.3 is 15.4 Å². The standard InChI is InChI=1S/C12H18ClN3O/c1-2-17-9-4-3-7-16(8-9)12-10(14)5-6-11(13)15-12/h5-6,9H,2-4,7-8,14H2,1H3. The van der Waals surface area contributed by atoms with Crippen LogP contribution in [0.15, 0.2) is 12.1 Å². The van der Waals surface area contributed by atoms with Crippen LogP contribution < -0.4 is 10.6 Å². The van der Waals surface area contributed by atoms with Crippen molar-refractivity contribution in [2.75, 3.05) is 30.3 Å². The van der Waals surface area contributed by atoms with Gasteiger partial charge in [0.05, 0.1) is 11.8 Å². The highest BCUT2D eigenvalue weighted by atomic mass is 35.5. The molecule has 2 N–H and O–H groups in total. The third-order valence-electron chi connectivity index (χ3n) is 2.95. The highest BCUT2D eigenvalue weighted by Crippen LogP contribution is 2.26. The molecule has 17 heavy (non-hydrogen) atoms. The molecule has 0 radical (unpaired) electrons. The van der Waals surface area contributed by atoms with Gasteiger partial charge in [0.1, 0.15) is 5.15 Å². The maximum atomic E-state index is 5.94. The molecule has 1 aromatic rings. The van der Waals surface area contributed by atoms with Crippen molar-refractivity contribution >= 4 is 23.1 Å². The smallest absolute Gasteiger partial charge is 0.153 e. The Labute approximate surface area is 107 Å². The van der Waals surface area contributed by atoms with Crippen LogP contribution in [0.3, 0.4) is 0 Å². The predicted molar refractivity (Wildman–Crippen MR) is 70.5 cm³/mol. The van der Waals surface area contributed by atoms with Crippen molar-refractivity contribution in [2.24, 2.45) is 0 Å². The number of piperidine rings is 1. The van der Waals surface area contributed by atoms with Crippen LogP contribution in [0.5, 0.6) is 0 Å². The van der Waals surface area contributed by atoms with Gasteiger partial charge >= 0.3 is 0 Å². The Bertz CT molecular complexity index is 384. The van der Waals surface area contributed by atoms with Crippen molar-refractivity contribution in [1.29, 1.82) is 0 Å². The predicted octanol–water partition coefficient (Wildman–Crippen LogP) is 2.32. The van der Waals surface area contributed by atoms with E-state index in [2.05, 4.69) is 9.88 Å². The lowest BCUT2D eigenvalue weighted by atomic mass is 10.1. The van der Waals surface area contributed by atoms with Gasteiger partial charge in [-0.3, -0.25) is 0 Å². The largest absolute Gasteiger partial charge is 0.396 e. The molecule has 1 fully saturated rings. The molecule has 0 aromatic carbocycles. The van der Waals surface area contributed by atoms with Gasteiger partial charge in [-0.25, -0.2) is 4.98 Å². The fraction of sp³-hybridized carbons (Fsp3) is 0.583. The lowest BCUT2D eigenvalue weighted by Crippen LogP contribution is -2.40.